The smallest absolute Gasteiger partial charge is 0.214 e. The first kappa shape index (κ1) is 10.4. The van der Waals surface area contributed by atoms with Crippen molar-refractivity contribution in [3.63, 3.8) is 0 Å². The third-order valence-corrected chi connectivity index (χ3v) is 2.29. The summed E-state index contributed by atoms with van der Waals surface area (Å²) in [6, 6.07) is 1.72. The van der Waals surface area contributed by atoms with E-state index in [1.54, 1.807) is 27.0 Å². The summed E-state index contributed by atoms with van der Waals surface area (Å²) in [5, 5.41) is 15.2. The molecule has 0 saturated heterocycles. The minimum Gasteiger partial charge on any atom is -0.287 e. The summed E-state index contributed by atoms with van der Waals surface area (Å²) in [6.45, 7) is 3.55. The summed E-state index contributed by atoms with van der Waals surface area (Å²) in [6.07, 6.45) is 1.44. The lowest BCUT2D eigenvalue weighted by Crippen LogP contribution is -2.11. The van der Waals surface area contributed by atoms with Gasteiger partial charge in [-0.05, 0) is 19.9 Å². The van der Waals surface area contributed by atoms with E-state index in [2.05, 4.69) is 20.5 Å². The number of hydrogen-bond acceptors (Lipinski definition) is 5. The van der Waals surface area contributed by atoms with Gasteiger partial charge in [0.2, 0.25) is 5.78 Å². The van der Waals surface area contributed by atoms with Crippen molar-refractivity contribution in [2.24, 2.45) is 7.05 Å². The number of carbonyl (C=O) groups is 1. The third kappa shape index (κ3) is 1.69. The van der Waals surface area contributed by atoms with Crippen LogP contribution in [0.3, 0.4) is 0 Å². The molecule has 0 aliphatic heterocycles. The van der Waals surface area contributed by atoms with Crippen LogP contribution >= 0.6 is 0 Å². The monoisotopic (exact) mass is 217 g/mol. The SMILES string of the molecule is Cc1cc(C(=O)c2cnnn2C)c(C)nn1. The van der Waals surface area contributed by atoms with Gasteiger partial charge >= 0.3 is 0 Å². The Bertz CT molecular complexity index is 546. The highest BCUT2D eigenvalue weighted by molar-refractivity contribution is 6.08. The number of rotatable bonds is 2. The molecule has 0 aromatic carbocycles. The minimum absolute atomic E-state index is 0.136. The first-order valence-electron chi connectivity index (χ1n) is 4.80. The first-order chi connectivity index (χ1) is 7.59. The Morgan fingerprint density at radius 1 is 1.31 bits per heavy atom. The van der Waals surface area contributed by atoms with Crippen LogP contribution in [-0.2, 0) is 7.05 Å². The van der Waals surface area contributed by atoms with Gasteiger partial charge in [0.25, 0.3) is 0 Å². The van der Waals surface area contributed by atoms with Crippen molar-refractivity contribution >= 4 is 5.78 Å². The summed E-state index contributed by atoms with van der Waals surface area (Å²) in [7, 11) is 1.68. The van der Waals surface area contributed by atoms with Crippen LogP contribution < -0.4 is 0 Å². The van der Waals surface area contributed by atoms with E-state index in [0.29, 0.717) is 22.6 Å². The molecule has 0 radical (unpaired) electrons. The van der Waals surface area contributed by atoms with Crippen molar-refractivity contribution in [1.29, 1.82) is 0 Å². The Kier molecular flexibility index (Phi) is 2.47. The molecule has 2 heterocycles. The van der Waals surface area contributed by atoms with Crippen LogP contribution in [0, 0.1) is 13.8 Å². The van der Waals surface area contributed by atoms with E-state index in [4.69, 9.17) is 0 Å². The molecule has 0 spiro atoms. The van der Waals surface area contributed by atoms with Gasteiger partial charge in [-0.2, -0.15) is 10.2 Å². The summed E-state index contributed by atoms with van der Waals surface area (Å²) in [5.41, 5.74) is 2.30. The molecule has 6 heteroatoms. The molecule has 0 amide bonds. The molecule has 0 N–H and O–H groups in total. The summed E-state index contributed by atoms with van der Waals surface area (Å²) < 4.78 is 1.44. The number of aromatic nitrogens is 5. The number of nitrogens with zero attached hydrogens (tertiary/aromatic N) is 5. The zero-order chi connectivity index (χ0) is 11.7. The molecule has 16 heavy (non-hydrogen) atoms. The van der Waals surface area contributed by atoms with Gasteiger partial charge in [0.15, 0.2) is 0 Å². The van der Waals surface area contributed by atoms with Gasteiger partial charge in [0.1, 0.15) is 5.69 Å². The summed E-state index contributed by atoms with van der Waals surface area (Å²) in [4.78, 5) is 12.1. The van der Waals surface area contributed by atoms with E-state index in [0.717, 1.165) is 0 Å². The van der Waals surface area contributed by atoms with Gasteiger partial charge in [-0.15, -0.1) is 5.10 Å². The molecular formula is C10H11N5O. The van der Waals surface area contributed by atoms with Crippen LogP contribution in [0.15, 0.2) is 12.3 Å². The van der Waals surface area contributed by atoms with E-state index < -0.39 is 0 Å². The molecule has 0 bridgehead atoms. The Hall–Kier alpha value is -2.11. The van der Waals surface area contributed by atoms with Crippen LogP contribution in [0.25, 0.3) is 0 Å². The Labute approximate surface area is 92.3 Å². The van der Waals surface area contributed by atoms with Crippen LogP contribution in [0.5, 0.6) is 0 Å². The average Bonchev–Trinajstić information content (AvgIpc) is 2.67. The molecule has 0 unspecified atom stereocenters. The van der Waals surface area contributed by atoms with Gasteiger partial charge in [0.05, 0.1) is 17.6 Å². The van der Waals surface area contributed by atoms with E-state index >= 15 is 0 Å². The zero-order valence-corrected chi connectivity index (χ0v) is 9.30. The standard InChI is InChI=1S/C10H11N5O/c1-6-4-8(7(2)13-12-6)10(16)9-5-11-14-15(9)3/h4-5H,1-3H3. The number of hydrogen-bond donors (Lipinski definition) is 0. The summed E-state index contributed by atoms with van der Waals surface area (Å²) in [5.74, 6) is -0.136. The van der Waals surface area contributed by atoms with Crippen molar-refractivity contribution in [2.45, 2.75) is 13.8 Å². The van der Waals surface area contributed by atoms with Crippen molar-refractivity contribution in [3.8, 4) is 0 Å². The number of aryl methyl sites for hydroxylation is 3. The molecule has 2 aromatic heterocycles. The van der Waals surface area contributed by atoms with Crippen LogP contribution in [-0.4, -0.2) is 31.0 Å². The van der Waals surface area contributed by atoms with Crippen molar-refractivity contribution in [3.05, 3.63) is 34.9 Å². The van der Waals surface area contributed by atoms with Gasteiger partial charge in [-0.25, -0.2) is 4.68 Å². The van der Waals surface area contributed by atoms with Gasteiger partial charge in [-0.1, -0.05) is 5.21 Å². The second kappa shape index (κ2) is 3.80. The second-order valence-electron chi connectivity index (χ2n) is 3.56. The molecular weight excluding hydrogens is 206 g/mol. The van der Waals surface area contributed by atoms with Crippen molar-refractivity contribution < 1.29 is 4.79 Å². The highest BCUT2D eigenvalue weighted by Gasteiger charge is 2.16. The molecule has 2 aromatic rings. The molecule has 0 aliphatic carbocycles. The average molecular weight is 217 g/mol. The molecule has 6 nitrogen and oxygen atoms in total. The topological polar surface area (TPSA) is 73.6 Å². The quantitative estimate of drug-likeness (QED) is 0.683. The molecule has 0 aliphatic rings. The normalized spacial score (nSPS) is 10.4. The Balaban J connectivity index is 2.49. The van der Waals surface area contributed by atoms with Gasteiger partial charge in [-0.3, -0.25) is 4.79 Å². The lowest BCUT2D eigenvalue weighted by atomic mass is 10.1. The summed E-state index contributed by atoms with van der Waals surface area (Å²) >= 11 is 0. The maximum Gasteiger partial charge on any atom is 0.214 e. The molecule has 2 rings (SSSR count). The van der Waals surface area contributed by atoms with E-state index in [1.807, 2.05) is 0 Å². The maximum atomic E-state index is 12.1. The van der Waals surface area contributed by atoms with E-state index in [-0.39, 0.29) is 5.78 Å². The van der Waals surface area contributed by atoms with Crippen LogP contribution in [0.2, 0.25) is 0 Å². The zero-order valence-electron chi connectivity index (χ0n) is 9.30. The number of carbonyl (C=O) groups excluding carboxylic acids is 1. The fraction of sp³-hybridized carbons (Fsp3) is 0.300. The van der Waals surface area contributed by atoms with Crippen molar-refractivity contribution in [1.82, 2.24) is 25.2 Å². The Morgan fingerprint density at radius 3 is 2.69 bits per heavy atom. The predicted octanol–water partition coefficient (Wildman–Crippen LogP) is 0.453. The fourth-order valence-electron chi connectivity index (χ4n) is 1.41. The minimum atomic E-state index is -0.136. The molecule has 0 fully saturated rings. The largest absolute Gasteiger partial charge is 0.287 e. The van der Waals surface area contributed by atoms with Crippen LogP contribution in [0.1, 0.15) is 27.4 Å². The molecule has 0 saturated carbocycles. The number of ketones is 1. The lowest BCUT2D eigenvalue weighted by Gasteiger charge is -2.03. The first-order valence-corrected chi connectivity index (χ1v) is 4.80. The highest BCUT2D eigenvalue weighted by Crippen LogP contribution is 2.11. The maximum absolute atomic E-state index is 12.1. The third-order valence-electron chi connectivity index (χ3n) is 2.29. The van der Waals surface area contributed by atoms with Gasteiger partial charge < -0.3 is 0 Å². The highest BCUT2D eigenvalue weighted by atomic mass is 16.1. The van der Waals surface area contributed by atoms with Crippen molar-refractivity contribution in [2.75, 3.05) is 0 Å². The van der Waals surface area contributed by atoms with Crippen LogP contribution in [0.4, 0.5) is 0 Å². The Morgan fingerprint density at radius 2 is 2.06 bits per heavy atom. The van der Waals surface area contributed by atoms with Gasteiger partial charge in [0, 0.05) is 12.6 Å². The second-order valence-corrected chi connectivity index (χ2v) is 3.56. The fourth-order valence-corrected chi connectivity index (χ4v) is 1.41. The molecule has 0 atom stereocenters. The predicted molar refractivity (Wildman–Crippen MR) is 55.9 cm³/mol. The molecule has 82 valence electrons. The van der Waals surface area contributed by atoms with E-state index in [9.17, 15) is 4.79 Å². The lowest BCUT2D eigenvalue weighted by molar-refractivity contribution is 0.102. The van der Waals surface area contributed by atoms with E-state index in [1.165, 1.54) is 10.9 Å².